The van der Waals surface area contributed by atoms with E-state index in [1.807, 2.05) is 36.4 Å². The lowest BCUT2D eigenvalue weighted by molar-refractivity contribution is 0.0473. The van der Waals surface area contributed by atoms with Crippen LogP contribution >= 0.6 is 11.3 Å². The summed E-state index contributed by atoms with van der Waals surface area (Å²) in [6.45, 7) is 0.0906. The number of rotatable bonds is 4. The van der Waals surface area contributed by atoms with Crippen LogP contribution in [-0.4, -0.2) is 11.0 Å². The first-order valence-corrected chi connectivity index (χ1v) is 8.89. The molecule has 26 heavy (non-hydrogen) atoms. The van der Waals surface area contributed by atoms with E-state index in [9.17, 15) is 9.18 Å². The van der Waals surface area contributed by atoms with E-state index < -0.39 is 5.97 Å². The van der Waals surface area contributed by atoms with Crippen LogP contribution in [0.15, 0.2) is 72.8 Å². The maximum absolute atomic E-state index is 13.0. The van der Waals surface area contributed by atoms with E-state index in [1.54, 1.807) is 24.3 Å². The molecule has 3 aromatic carbocycles. The molecule has 0 saturated heterocycles. The number of nitrogens with zero attached hydrogens (tertiary/aromatic N) is 1. The van der Waals surface area contributed by atoms with Gasteiger partial charge in [-0.05, 0) is 35.9 Å². The fourth-order valence-corrected chi connectivity index (χ4v) is 3.65. The van der Waals surface area contributed by atoms with Gasteiger partial charge in [0.15, 0.2) is 0 Å². The predicted molar refractivity (Wildman–Crippen MR) is 101 cm³/mol. The lowest BCUT2D eigenvalue weighted by Crippen LogP contribution is -2.07. The minimum absolute atomic E-state index is 0.0906. The minimum atomic E-state index is -0.427. The molecule has 0 spiro atoms. The van der Waals surface area contributed by atoms with E-state index in [2.05, 4.69) is 4.98 Å². The van der Waals surface area contributed by atoms with Crippen LogP contribution in [-0.2, 0) is 11.3 Å². The Morgan fingerprint density at radius 3 is 2.50 bits per heavy atom. The molecule has 0 aliphatic carbocycles. The Bertz CT molecular complexity index is 1040. The summed E-state index contributed by atoms with van der Waals surface area (Å²) in [6.07, 6.45) is 0. The highest BCUT2D eigenvalue weighted by molar-refractivity contribution is 7.21. The first kappa shape index (κ1) is 16.4. The zero-order valence-electron chi connectivity index (χ0n) is 13.7. The maximum atomic E-state index is 13.0. The SMILES string of the molecule is O=C(OCc1ccc(F)cc1)c1ccccc1-c1nc2ccccc2s1. The lowest BCUT2D eigenvalue weighted by Gasteiger charge is -2.08. The van der Waals surface area contributed by atoms with Crippen LogP contribution in [0.1, 0.15) is 15.9 Å². The Morgan fingerprint density at radius 2 is 1.69 bits per heavy atom. The molecule has 0 atom stereocenters. The second-order valence-electron chi connectivity index (χ2n) is 5.73. The molecule has 1 heterocycles. The largest absolute Gasteiger partial charge is 0.457 e. The number of fused-ring (bicyclic) bond motifs is 1. The van der Waals surface area contributed by atoms with E-state index in [0.29, 0.717) is 5.56 Å². The van der Waals surface area contributed by atoms with E-state index >= 15 is 0 Å². The van der Waals surface area contributed by atoms with Gasteiger partial charge in [0, 0.05) is 5.56 Å². The van der Waals surface area contributed by atoms with Gasteiger partial charge in [0.1, 0.15) is 17.4 Å². The van der Waals surface area contributed by atoms with E-state index in [4.69, 9.17) is 4.74 Å². The van der Waals surface area contributed by atoms with Gasteiger partial charge in [-0.2, -0.15) is 0 Å². The van der Waals surface area contributed by atoms with Crippen molar-refractivity contribution in [3.63, 3.8) is 0 Å². The van der Waals surface area contributed by atoms with Gasteiger partial charge in [0.2, 0.25) is 0 Å². The summed E-state index contributed by atoms with van der Waals surface area (Å²) in [7, 11) is 0. The van der Waals surface area contributed by atoms with Crippen molar-refractivity contribution >= 4 is 27.5 Å². The van der Waals surface area contributed by atoms with E-state index in [0.717, 1.165) is 26.4 Å². The summed E-state index contributed by atoms with van der Waals surface area (Å²) >= 11 is 1.54. The Balaban J connectivity index is 1.60. The molecule has 1 aromatic heterocycles. The second kappa shape index (κ2) is 7.06. The summed E-state index contributed by atoms with van der Waals surface area (Å²) in [5, 5.41) is 0.778. The molecule has 4 rings (SSSR count). The zero-order valence-corrected chi connectivity index (χ0v) is 14.5. The van der Waals surface area contributed by atoms with Crippen LogP contribution < -0.4 is 0 Å². The molecule has 0 radical (unpaired) electrons. The molecule has 0 fully saturated rings. The first-order valence-electron chi connectivity index (χ1n) is 8.07. The van der Waals surface area contributed by atoms with Gasteiger partial charge in [0.05, 0.1) is 15.8 Å². The van der Waals surface area contributed by atoms with Gasteiger partial charge < -0.3 is 4.74 Å². The fraction of sp³-hybridized carbons (Fsp3) is 0.0476. The Labute approximate surface area is 153 Å². The smallest absolute Gasteiger partial charge is 0.339 e. The molecule has 0 N–H and O–H groups in total. The van der Waals surface area contributed by atoms with Gasteiger partial charge in [-0.15, -0.1) is 11.3 Å². The lowest BCUT2D eigenvalue weighted by atomic mass is 10.1. The Morgan fingerprint density at radius 1 is 0.962 bits per heavy atom. The molecule has 4 aromatic rings. The van der Waals surface area contributed by atoms with Crippen LogP contribution in [0.2, 0.25) is 0 Å². The van der Waals surface area contributed by atoms with Crippen molar-refractivity contribution in [1.82, 2.24) is 4.98 Å². The summed E-state index contributed by atoms with van der Waals surface area (Å²) in [4.78, 5) is 17.2. The van der Waals surface area contributed by atoms with Gasteiger partial charge in [-0.3, -0.25) is 0 Å². The monoisotopic (exact) mass is 363 g/mol. The number of para-hydroxylation sites is 1. The Kier molecular flexibility index (Phi) is 4.46. The molecule has 0 unspecified atom stereocenters. The molecule has 0 aliphatic heterocycles. The molecule has 5 heteroatoms. The second-order valence-corrected chi connectivity index (χ2v) is 6.77. The Hall–Kier alpha value is -3.05. The summed E-state index contributed by atoms with van der Waals surface area (Å²) in [5.74, 6) is -0.745. The van der Waals surface area contributed by atoms with Crippen molar-refractivity contribution in [1.29, 1.82) is 0 Å². The number of benzene rings is 3. The van der Waals surface area contributed by atoms with Crippen LogP contribution in [0.4, 0.5) is 4.39 Å². The highest BCUT2D eigenvalue weighted by atomic mass is 32.1. The van der Waals surface area contributed by atoms with E-state index in [-0.39, 0.29) is 12.4 Å². The average Bonchev–Trinajstić information content (AvgIpc) is 3.11. The van der Waals surface area contributed by atoms with Crippen molar-refractivity contribution in [2.75, 3.05) is 0 Å². The number of hydrogen-bond acceptors (Lipinski definition) is 4. The molecule has 0 bridgehead atoms. The molecular formula is C21H14FNO2S. The van der Waals surface area contributed by atoms with Gasteiger partial charge in [-0.25, -0.2) is 14.2 Å². The molecule has 3 nitrogen and oxygen atoms in total. The predicted octanol–water partition coefficient (Wildman–Crippen LogP) is 5.46. The van der Waals surface area contributed by atoms with E-state index in [1.165, 1.54) is 23.5 Å². The zero-order chi connectivity index (χ0) is 17.9. The van der Waals surface area contributed by atoms with Crippen molar-refractivity contribution in [2.24, 2.45) is 0 Å². The number of aromatic nitrogens is 1. The number of esters is 1. The first-order chi connectivity index (χ1) is 12.7. The van der Waals surface area contributed by atoms with Crippen LogP contribution in [0, 0.1) is 5.82 Å². The standard InChI is InChI=1S/C21H14FNO2S/c22-15-11-9-14(10-12-15)13-25-21(24)17-6-2-1-5-16(17)20-23-18-7-3-4-8-19(18)26-20/h1-12H,13H2. The quantitative estimate of drug-likeness (QED) is 0.452. The summed E-state index contributed by atoms with van der Waals surface area (Å²) in [5.41, 5.74) is 2.85. The topological polar surface area (TPSA) is 39.2 Å². The van der Waals surface area contributed by atoms with Crippen molar-refractivity contribution in [2.45, 2.75) is 6.61 Å². The number of ether oxygens (including phenoxy) is 1. The van der Waals surface area contributed by atoms with Crippen molar-refractivity contribution in [3.8, 4) is 10.6 Å². The highest BCUT2D eigenvalue weighted by Crippen LogP contribution is 2.32. The number of carbonyl (C=O) groups is 1. The van der Waals surface area contributed by atoms with Crippen LogP contribution in [0.3, 0.4) is 0 Å². The third-order valence-electron chi connectivity index (χ3n) is 3.95. The average molecular weight is 363 g/mol. The number of halogens is 1. The van der Waals surface area contributed by atoms with Gasteiger partial charge in [0.25, 0.3) is 0 Å². The minimum Gasteiger partial charge on any atom is -0.457 e. The third-order valence-corrected chi connectivity index (χ3v) is 5.02. The fourth-order valence-electron chi connectivity index (χ4n) is 2.64. The van der Waals surface area contributed by atoms with Gasteiger partial charge >= 0.3 is 5.97 Å². The van der Waals surface area contributed by atoms with Gasteiger partial charge in [-0.1, -0.05) is 42.5 Å². The number of hydrogen-bond donors (Lipinski definition) is 0. The normalized spacial score (nSPS) is 10.8. The van der Waals surface area contributed by atoms with Crippen LogP contribution in [0.5, 0.6) is 0 Å². The molecule has 0 saturated carbocycles. The molecule has 0 amide bonds. The number of thiazole rings is 1. The van der Waals surface area contributed by atoms with Crippen molar-refractivity contribution < 1.29 is 13.9 Å². The molecular weight excluding hydrogens is 349 g/mol. The maximum Gasteiger partial charge on any atom is 0.339 e. The van der Waals surface area contributed by atoms with Crippen molar-refractivity contribution in [3.05, 3.63) is 89.7 Å². The molecule has 128 valence electrons. The summed E-state index contributed by atoms with van der Waals surface area (Å²) < 4.78 is 19.4. The van der Waals surface area contributed by atoms with Crippen LogP contribution in [0.25, 0.3) is 20.8 Å². The highest BCUT2D eigenvalue weighted by Gasteiger charge is 2.16. The summed E-state index contributed by atoms with van der Waals surface area (Å²) in [6, 6.07) is 21.0. The third kappa shape index (κ3) is 3.34. The number of carbonyl (C=O) groups excluding carboxylic acids is 1. The molecule has 0 aliphatic rings.